The highest BCUT2D eigenvalue weighted by Gasteiger charge is 2.33. The molecule has 0 saturated heterocycles. The smallest absolute Gasteiger partial charge is 0.0672 e. The van der Waals surface area contributed by atoms with E-state index in [4.69, 9.17) is 0 Å². The van der Waals surface area contributed by atoms with Crippen molar-refractivity contribution in [1.82, 2.24) is 5.32 Å². The zero-order valence-electron chi connectivity index (χ0n) is 11.5. The number of benzene rings is 1. The van der Waals surface area contributed by atoms with E-state index in [-0.39, 0.29) is 18.6 Å². The van der Waals surface area contributed by atoms with E-state index in [0.29, 0.717) is 0 Å². The van der Waals surface area contributed by atoms with Crippen LogP contribution in [0, 0.1) is 17.2 Å². The molecule has 102 valence electrons. The summed E-state index contributed by atoms with van der Waals surface area (Å²) < 4.78 is 0. The maximum absolute atomic E-state index is 9.78. The van der Waals surface area contributed by atoms with Crippen molar-refractivity contribution in [2.75, 3.05) is 6.61 Å². The molecule has 3 nitrogen and oxygen atoms in total. The fourth-order valence-electron chi connectivity index (χ4n) is 2.89. The minimum absolute atomic E-state index is 0.0334. The Balaban J connectivity index is 2.16. The lowest BCUT2D eigenvalue weighted by Gasteiger charge is -2.38. The van der Waals surface area contributed by atoms with E-state index in [1.165, 1.54) is 0 Å². The van der Waals surface area contributed by atoms with Crippen LogP contribution in [0.1, 0.15) is 38.2 Å². The van der Waals surface area contributed by atoms with Gasteiger partial charge in [0.2, 0.25) is 0 Å². The topological polar surface area (TPSA) is 56.0 Å². The average molecular weight is 258 g/mol. The molecule has 1 aromatic carbocycles. The van der Waals surface area contributed by atoms with Crippen LogP contribution in [0.2, 0.25) is 0 Å². The Morgan fingerprint density at radius 2 is 2.00 bits per heavy atom. The number of hydrogen-bond donors (Lipinski definition) is 2. The molecular formula is C16H22N2O. The van der Waals surface area contributed by atoms with E-state index in [2.05, 4.69) is 11.4 Å². The Morgan fingerprint density at radius 3 is 2.63 bits per heavy atom. The van der Waals surface area contributed by atoms with Gasteiger partial charge in [-0.3, -0.25) is 0 Å². The monoisotopic (exact) mass is 258 g/mol. The van der Waals surface area contributed by atoms with E-state index in [0.717, 1.165) is 31.2 Å². The maximum Gasteiger partial charge on any atom is 0.0672 e. The second kappa shape index (κ2) is 6.18. The van der Waals surface area contributed by atoms with Crippen molar-refractivity contribution in [3.8, 4) is 6.07 Å². The van der Waals surface area contributed by atoms with Crippen molar-refractivity contribution < 1.29 is 5.11 Å². The van der Waals surface area contributed by atoms with Crippen LogP contribution in [-0.2, 0) is 5.54 Å². The molecule has 0 amide bonds. The standard InChI is InChI=1S/C16H22N2O/c1-16(12-19,14-8-3-2-4-9-14)18-15-10-6-5-7-13(15)11-17/h2-4,8-9,13,15,18-19H,5-7,10,12H2,1H3. The summed E-state index contributed by atoms with van der Waals surface area (Å²) in [7, 11) is 0. The highest BCUT2D eigenvalue weighted by Crippen LogP contribution is 2.28. The van der Waals surface area contributed by atoms with Crippen molar-refractivity contribution in [3.63, 3.8) is 0 Å². The third-order valence-electron chi connectivity index (χ3n) is 4.16. The summed E-state index contributed by atoms with van der Waals surface area (Å²) in [4.78, 5) is 0. The highest BCUT2D eigenvalue weighted by molar-refractivity contribution is 5.24. The molecule has 1 fully saturated rings. The first-order valence-electron chi connectivity index (χ1n) is 7.03. The van der Waals surface area contributed by atoms with Crippen LogP contribution < -0.4 is 5.32 Å². The second-order valence-electron chi connectivity index (χ2n) is 5.63. The number of nitrogens with one attached hydrogen (secondary N) is 1. The Kier molecular flexibility index (Phi) is 4.57. The Labute approximate surface area is 115 Å². The summed E-state index contributed by atoms with van der Waals surface area (Å²) in [5.41, 5.74) is 0.595. The maximum atomic E-state index is 9.78. The predicted molar refractivity (Wildman–Crippen MR) is 75.4 cm³/mol. The molecule has 1 aliphatic carbocycles. The number of nitrogens with zero attached hydrogens (tertiary/aromatic N) is 1. The number of hydrogen-bond acceptors (Lipinski definition) is 3. The van der Waals surface area contributed by atoms with Crippen molar-refractivity contribution in [1.29, 1.82) is 5.26 Å². The third-order valence-corrected chi connectivity index (χ3v) is 4.16. The van der Waals surface area contributed by atoms with Crippen LogP contribution in [0.4, 0.5) is 0 Å². The van der Waals surface area contributed by atoms with Gasteiger partial charge in [0.25, 0.3) is 0 Å². The van der Waals surface area contributed by atoms with E-state index in [9.17, 15) is 10.4 Å². The molecule has 2 N–H and O–H groups in total. The van der Waals surface area contributed by atoms with Gasteiger partial charge in [-0.1, -0.05) is 43.2 Å². The minimum atomic E-state index is -0.474. The first-order valence-corrected chi connectivity index (χ1v) is 7.03. The fourth-order valence-corrected chi connectivity index (χ4v) is 2.89. The van der Waals surface area contributed by atoms with Crippen molar-refractivity contribution >= 4 is 0 Å². The molecule has 3 heteroatoms. The van der Waals surface area contributed by atoms with Gasteiger partial charge in [0.05, 0.1) is 24.1 Å². The first kappa shape index (κ1) is 14.0. The van der Waals surface area contributed by atoms with Gasteiger partial charge in [-0.2, -0.15) is 5.26 Å². The number of rotatable bonds is 4. The summed E-state index contributed by atoms with van der Waals surface area (Å²) in [5, 5.41) is 22.6. The fraction of sp³-hybridized carbons (Fsp3) is 0.562. The van der Waals surface area contributed by atoms with Gasteiger partial charge >= 0.3 is 0 Å². The quantitative estimate of drug-likeness (QED) is 0.872. The lowest BCUT2D eigenvalue weighted by atomic mass is 9.82. The zero-order valence-corrected chi connectivity index (χ0v) is 11.5. The normalized spacial score (nSPS) is 26.4. The van der Waals surface area contributed by atoms with Crippen molar-refractivity contribution in [2.24, 2.45) is 5.92 Å². The van der Waals surface area contributed by atoms with Crippen LogP contribution in [0.3, 0.4) is 0 Å². The minimum Gasteiger partial charge on any atom is -0.394 e. The molecule has 1 aromatic rings. The number of aliphatic hydroxyl groups excluding tert-OH is 1. The van der Waals surface area contributed by atoms with Crippen molar-refractivity contribution in [3.05, 3.63) is 35.9 Å². The lowest BCUT2D eigenvalue weighted by molar-refractivity contribution is 0.140. The third kappa shape index (κ3) is 3.15. The lowest BCUT2D eigenvalue weighted by Crippen LogP contribution is -2.51. The van der Waals surface area contributed by atoms with E-state index >= 15 is 0 Å². The first-order chi connectivity index (χ1) is 9.19. The molecule has 0 aromatic heterocycles. The Morgan fingerprint density at radius 1 is 1.32 bits per heavy atom. The van der Waals surface area contributed by atoms with Crippen LogP contribution in [0.25, 0.3) is 0 Å². The molecular weight excluding hydrogens is 236 g/mol. The van der Waals surface area contributed by atoms with Gasteiger partial charge in [-0.15, -0.1) is 0 Å². The second-order valence-corrected chi connectivity index (χ2v) is 5.63. The molecule has 0 bridgehead atoms. The van der Waals surface area contributed by atoms with E-state index in [1.807, 2.05) is 37.3 Å². The van der Waals surface area contributed by atoms with Gasteiger partial charge < -0.3 is 10.4 Å². The summed E-state index contributed by atoms with van der Waals surface area (Å²) in [6.45, 7) is 2.04. The molecule has 0 spiro atoms. The highest BCUT2D eigenvalue weighted by atomic mass is 16.3. The predicted octanol–water partition coefficient (Wildman–Crippen LogP) is 2.57. The van der Waals surface area contributed by atoms with Gasteiger partial charge in [-0.05, 0) is 25.3 Å². The van der Waals surface area contributed by atoms with E-state index < -0.39 is 5.54 Å². The van der Waals surface area contributed by atoms with Gasteiger partial charge in [0.15, 0.2) is 0 Å². The average Bonchev–Trinajstić information content (AvgIpc) is 2.48. The summed E-state index contributed by atoms with van der Waals surface area (Å²) in [6, 6.07) is 12.6. The van der Waals surface area contributed by atoms with Crippen LogP contribution >= 0.6 is 0 Å². The van der Waals surface area contributed by atoms with Gasteiger partial charge in [-0.25, -0.2) is 0 Å². The zero-order chi connectivity index (χ0) is 13.7. The summed E-state index contributed by atoms with van der Waals surface area (Å²) >= 11 is 0. The van der Waals surface area contributed by atoms with E-state index in [1.54, 1.807) is 0 Å². The largest absolute Gasteiger partial charge is 0.394 e. The molecule has 19 heavy (non-hydrogen) atoms. The van der Waals surface area contributed by atoms with Crippen molar-refractivity contribution in [2.45, 2.75) is 44.2 Å². The van der Waals surface area contributed by atoms with Crippen LogP contribution in [0.5, 0.6) is 0 Å². The molecule has 2 rings (SSSR count). The van der Waals surface area contributed by atoms with Gasteiger partial charge in [0.1, 0.15) is 0 Å². The molecule has 1 saturated carbocycles. The molecule has 0 radical (unpaired) electrons. The molecule has 0 aliphatic heterocycles. The van der Waals surface area contributed by atoms with Crippen LogP contribution in [-0.4, -0.2) is 17.8 Å². The number of aliphatic hydroxyl groups is 1. The molecule has 3 atom stereocenters. The SMILES string of the molecule is CC(CO)(NC1CCCCC1C#N)c1ccccc1. The number of nitriles is 1. The summed E-state index contributed by atoms with van der Waals surface area (Å²) in [5.74, 6) is 0.0586. The molecule has 1 aliphatic rings. The van der Waals surface area contributed by atoms with Crippen LogP contribution in [0.15, 0.2) is 30.3 Å². The Hall–Kier alpha value is -1.37. The molecule has 3 unspecified atom stereocenters. The Bertz CT molecular complexity index is 440. The summed E-state index contributed by atoms with van der Waals surface area (Å²) in [6.07, 6.45) is 4.27. The van der Waals surface area contributed by atoms with Gasteiger partial charge in [0, 0.05) is 6.04 Å². The molecule has 0 heterocycles.